The molecule has 0 amide bonds. The fraction of sp³-hybridized carbons (Fsp3) is 0.353. The Kier molecular flexibility index (Phi) is 4.58. The van der Waals surface area contributed by atoms with Gasteiger partial charge in [-0.15, -0.1) is 0 Å². The number of aromatic nitrogens is 1. The van der Waals surface area contributed by atoms with E-state index in [2.05, 4.69) is 0 Å². The molecule has 0 unspecified atom stereocenters. The molecule has 0 atom stereocenters. The summed E-state index contributed by atoms with van der Waals surface area (Å²) in [6.07, 6.45) is 2.35. The Labute approximate surface area is 142 Å². The van der Waals surface area contributed by atoms with Gasteiger partial charge in [0.2, 0.25) is 0 Å². The lowest BCUT2D eigenvalue weighted by Crippen LogP contribution is -2.43. The first-order valence-corrected chi connectivity index (χ1v) is 9.21. The molecule has 0 aliphatic carbocycles. The van der Waals surface area contributed by atoms with E-state index in [1.54, 1.807) is 16.8 Å². The molecular formula is C17H21N3O3S. The van der Waals surface area contributed by atoms with E-state index in [0.717, 1.165) is 16.7 Å². The highest BCUT2D eigenvalue weighted by Crippen LogP contribution is 2.21. The van der Waals surface area contributed by atoms with Gasteiger partial charge in [-0.05, 0) is 23.1 Å². The molecule has 2 aromatic rings. The number of fused-ring (bicyclic) bond motifs is 1. The molecule has 128 valence electrons. The Balaban J connectivity index is 1.91. The van der Waals surface area contributed by atoms with Crippen molar-refractivity contribution >= 4 is 10.2 Å². The van der Waals surface area contributed by atoms with E-state index in [1.165, 1.54) is 22.7 Å². The summed E-state index contributed by atoms with van der Waals surface area (Å²) >= 11 is 0. The van der Waals surface area contributed by atoms with Crippen LogP contribution in [-0.2, 0) is 29.7 Å². The molecule has 1 aliphatic rings. The fourth-order valence-corrected chi connectivity index (χ4v) is 3.97. The smallest absolute Gasteiger partial charge is 0.281 e. The molecule has 0 fully saturated rings. The number of rotatable bonds is 4. The lowest BCUT2D eigenvalue weighted by molar-refractivity contribution is 0.357. The van der Waals surface area contributed by atoms with E-state index in [0.29, 0.717) is 26.1 Å². The minimum atomic E-state index is -3.45. The third-order valence-corrected chi connectivity index (χ3v) is 6.15. The van der Waals surface area contributed by atoms with Crippen molar-refractivity contribution in [3.05, 3.63) is 69.6 Å². The van der Waals surface area contributed by atoms with Crippen LogP contribution in [0, 0.1) is 0 Å². The number of pyridine rings is 1. The largest absolute Gasteiger partial charge is 0.311 e. The zero-order valence-electron chi connectivity index (χ0n) is 13.8. The minimum Gasteiger partial charge on any atom is -0.311 e. The topological polar surface area (TPSA) is 62.6 Å². The van der Waals surface area contributed by atoms with E-state index < -0.39 is 10.2 Å². The van der Waals surface area contributed by atoms with Crippen molar-refractivity contribution in [1.29, 1.82) is 0 Å². The molecule has 1 aromatic heterocycles. The van der Waals surface area contributed by atoms with Crippen molar-refractivity contribution in [3.63, 3.8) is 0 Å². The molecule has 0 radical (unpaired) electrons. The Morgan fingerprint density at radius 1 is 1.12 bits per heavy atom. The average molecular weight is 347 g/mol. The van der Waals surface area contributed by atoms with Crippen LogP contribution >= 0.6 is 0 Å². The summed E-state index contributed by atoms with van der Waals surface area (Å²) in [6.45, 7) is 1.17. The van der Waals surface area contributed by atoms with Gasteiger partial charge >= 0.3 is 0 Å². The van der Waals surface area contributed by atoms with E-state index >= 15 is 0 Å². The third-order valence-electron chi connectivity index (χ3n) is 4.27. The highest BCUT2D eigenvalue weighted by atomic mass is 32.2. The lowest BCUT2D eigenvalue weighted by atomic mass is 10.0. The number of hydrogen-bond donors (Lipinski definition) is 0. The molecule has 0 saturated carbocycles. The summed E-state index contributed by atoms with van der Waals surface area (Å²) in [4.78, 5) is 12.3. The summed E-state index contributed by atoms with van der Waals surface area (Å²) in [5.74, 6) is 0. The van der Waals surface area contributed by atoms with Gasteiger partial charge in [0.15, 0.2) is 0 Å². The monoisotopic (exact) mass is 347 g/mol. The maximum Gasteiger partial charge on any atom is 0.281 e. The normalized spacial score (nSPS) is 15.5. The van der Waals surface area contributed by atoms with Crippen molar-refractivity contribution in [3.8, 4) is 0 Å². The molecular weight excluding hydrogens is 326 g/mol. The fourth-order valence-electron chi connectivity index (χ4n) is 2.88. The molecule has 7 heteroatoms. The number of benzene rings is 1. The van der Waals surface area contributed by atoms with E-state index in [4.69, 9.17) is 0 Å². The van der Waals surface area contributed by atoms with E-state index in [1.807, 2.05) is 30.3 Å². The van der Waals surface area contributed by atoms with Crippen LogP contribution < -0.4 is 5.56 Å². The van der Waals surface area contributed by atoms with Crippen LogP contribution in [0.4, 0.5) is 0 Å². The van der Waals surface area contributed by atoms with Crippen molar-refractivity contribution in [2.24, 2.45) is 0 Å². The first kappa shape index (κ1) is 16.9. The van der Waals surface area contributed by atoms with Gasteiger partial charge < -0.3 is 4.57 Å². The van der Waals surface area contributed by atoms with Crippen LogP contribution in [0.1, 0.15) is 16.7 Å². The molecule has 6 nitrogen and oxygen atoms in total. The van der Waals surface area contributed by atoms with Crippen LogP contribution in [-0.4, -0.2) is 42.2 Å². The molecule has 0 bridgehead atoms. The summed E-state index contributed by atoms with van der Waals surface area (Å²) in [5.41, 5.74) is 2.81. The second-order valence-electron chi connectivity index (χ2n) is 6.15. The molecule has 1 aromatic carbocycles. The van der Waals surface area contributed by atoms with Gasteiger partial charge in [-0.2, -0.15) is 17.0 Å². The minimum absolute atomic E-state index is 0.0541. The molecule has 24 heavy (non-hydrogen) atoms. The average Bonchev–Trinajstić information content (AvgIpc) is 2.56. The third kappa shape index (κ3) is 3.28. The Hall–Kier alpha value is -1.96. The van der Waals surface area contributed by atoms with Crippen LogP contribution in [0.2, 0.25) is 0 Å². The van der Waals surface area contributed by atoms with Crippen molar-refractivity contribution < 1.29 is 8.42 Å². The molecule has 3 rings (SSSR count). The van der Waals surface area contributed by atoms with Gasteiger partial charge in [0.05, 0.1) is 6.54 Å². The van der Waals surface area contributed by atoms with Gasteiger partial charge in [-0.1, -0.05) is 30.3 Å². The Bertz CT molecular complexity index is 889. The first-order chi connectivity index (χ1) is 11.4. The van der Waals surface area contributed by atoms with Gasteiger partial charge in [0.25, 0.3) is 15.8 Å². The highest BCUT2D eigenvalue weighted by molar-refractivity contribution is 7.86. The molecule has 2 heterocycles. The van der Waals surface area contributed by atoms with Gasteiger partial charge in [0, 0.05) is 39.4 Å². The van der Waals surface area contributed by atoms with Gasteiger partial charge in [-0.3, -0.25) is 4.79 Å². The van der Waals surface area contributed by atoms with E-state index in [-0.39, 0.29) is 5.56 Å². The van der Waals surface area contributed by atoms with Crippen molar-refractivity contribution in [1.82, 2.24) is 13.2 Å². The van der Waals surface area contributed by atoms with Gasteiger partial charge in [0.1, 0.15) is 0 Å². The molecule has 0 saturated heterocycles. The second-order valence-corrected chi connectivity index (χ2v) is 8.29. The Morgan fingerprint density at radius 2 is 1.83 bits per heavy atom. The molecule has 1 aliphatic heterocycles. The standard InChI is InChI=1S/C17H21N3O3S/c1-18(2)24(22,23)20-9-8-15-10-17(21)19(12-16(15)13-20)11-14-6-4-3-5-7-14/h3-7,10,12H,8-9,11,13H2,1-2H3. The zero-order chi connectivity index (χ0) is 17.3. The number of nitrogens with zero attached hydrogens (tertiary/aromatic N) is 3. The van der Waals surface area contributed by atoms with Crippen LogP contribution in [0.3, 0.4) is 0 Å². The predicted molar refractivity (Wildman–Crippen MR) is 93.0 cm³/mol. The molecule has 0 spiro atoms. The summed E-state index contributed by atoms with van der Waals surface area (Å²) in [7, 11) is -0.387. The van der Waals surface area contributed by atoms with Gasteiger partial charge in [-0.25, -0.2) is 0 Å². The highest BCUT2D eigenvalue weighted by Gasteiger charge is 2.28. The summed E-state index contributed by atoms with van der Waals surface area (Å²) < 4.78 is 29.0. The van der Waals surface area contributed by atoms with Crippen LogP contribution in [0.5, 0.6) is 0 Å². The first-order valence-electron chi connectivity index (χ1n) is 7.81. The Morgan fingerprint density at radius 3 is 2.50 bits per heavy atom. The summed E-state index contributed by atoms with van der Waals surface area (Å²) in [5, 5.41) is 0. The quantitative estimate of drug-likeness (QED) is 0.831. The maximum atomic E-state index is 12.3. The second kappa shape index (κ2) is 6.51. The predicted octanol–water partition coefficient (Wildman–Crippen LogP) is 1.06. The molecule has 0 N–H and O–H groups in total. The van der Waals surface area contributed by atoms with Crippen molar-refractivity contribution in [2.75, 3.05) is 20.6 Å². The summed E-state index contributed by atoms with van der Waals surface area (Å²) in [6, 6.07) is 11.4. The lowest BCUT2D eigenvalue weighted by Gasteiger charge is -2.30. The van der Waals surface area contributed by atoms with E-state index in [9.17, 15) is 13.2 Å². The van der Waals surface area contributed by atoms with Crippen molar-refractivity contribution in [2.45, 2.75) is 19.5 Å². The number of hydrogen-bond acceptors (Lipinski definition) is 3. The SMILES string of the molecule is CN(C)S(=O)(=O)N1CCc2cc(=O)n(Cc3ccccc3)cc2C1. The maximum absolute atomic E-state index is 12.3. The van der Waals surface area contributed by atoms with Crippen LogP contribution in [0.15, 0.2) is 47.4 Å². The van der Waals surface area contributed by atoms with Crippen LogP contribution in [0.25, 0.3) is 0 Å². The zero-order valence-corrected chi connectivity index (χ0v) is 14.7.